The third-order valence-electron chi connectivity index (χ3n) is 3.49. The van der Waals surface area contributed by atoms with Crippen molar-refractivity contribution in [2.45, 2.75) is 51.2 Å². The SMILES string of the molecule is C=CC[C@@](CO)(CCc1ccc(Br)cc1Cl)NC(=O)OC(C)(C)C. The van der Waals surface area contributed by atoms with Crippen LogP contribution >= 0.6 is 27.5 Å². The molecule has 2 N–H and O–H groups in total. The van der Waals surface area contributed by atoms with Crippen LogP contribution in [0.5, 0.6) is 0 Å². The van der Waals surface area contributed by atoms with E-state index in [1.165, 1.54) is 0 Å². The molecule has 4 nitrogen and oxygen atoms in total. The zero-order valence-electron chi connectivity index (χ0n) is 14.4. The number of rotatable bonds is 7. The van der Waals surface area contributed by atoms with Gasteiger partial charge in [-0.25, -0.2) is 4.79 Å². The Bertz CT molecular complexity index is 586. The van der Waals surface area contributed by atoms with E-state index in [1.54, 1.807) is 26.8 Å². The van der Waals surface area contributed by atoms with Crippen LogP contribution in [0, 0.1) is 0 Å². The maximum atomic E-state index is 12.1. The Kier molecular flexibility index (Phi) is 7.77. The number of hydrogen-bond acceptors (Lipinski definition) is 3. The molecule has 1 amide bonds. The van der Waals surface area contributed by atoms with Crippen molar-refractivity contribution < 1.29 is 14.6 Å². The van der Waals surface area contributed by atoms with E-state index >= 15 is 0 Å². The second-order valence-corrected chi connectivity index (χ2v) is 8.12. The summed E-state index contributed by atoms with van der Waals surface area (Å²) in [4.78, 5) is 12.1. The van der Waals surface area contributed by atoms with Crippen molar-refractivity contribution >= 4 is 33.6 Å². The fraction of sp³-hybridized carbons (Fsp3) is 0.500. The first-order valence-electron chi connectivity index (χ1n) is 7.78. The van der Waals surface area contributed by atoms with E-state index in [2.05, 4.69) is 27.8 Å². The first-order valence-corrected chi connectivity index (χ1v) is 8.95. The molecule has 0 fully saturated rings. The molecule has 0 saturated carbocycles. The van der Waals surface area contributed by atoms with Gasteiger partial charge in [0.2, 0.25) is 0 Å². The van der Waals surface area contributed by atoms with Crippen LogP contribution in [0.25, 0.3) is 0 Å². The highest BCUT2D eigenvalue weighted by atomic mass is 79.9. The summed E-state index contributed by atoms with van der Waals surface area (Å²) in [7, 11) is 0. The number of alkyl carbamates (subject to hydrolysis) is 1. The van der Waals surface area contributed by atoms with Crippen LogP contribution in [0.1, 0.15) is 39.2 Å². The van der Waals surface area contributed by atoms with E-state index in [4.69, 9.17) is 16.3 Å². The normalized spacial score (nSPS) is 13.9. The zero-order valence-corrected chi connectivity index (χ0v) is 16.7. The van der Waals surface area contributed by atoms with Crippen LogP contribution in [0.3, 0.4) is 0 Å². The molecule has 134 valence electrons. The van der Waals surface area contributed by atoms with Crippen LogP contribution in [0.4, 0.5) is 4.79 Å². The Balaban J connectivity index is 2.86. The minimum Gasteiger partial charge on any atom is -0.444 e. The van der Waals surface area contributed by atoms with Gasteiger partial charge in [-0.3, -0.25) is 0 Å². The summed E-state index contributed by atoms with van der Waals surface area (Å²) < 4.78 is 6.21. The number of aryl methyl sites for hydroxylation is 1. The topological polar surface area (TPSA) is 58.6 Å². The summed E-state index contributed by atoms with van der Waals surface area (Å²) in [6.45, 7) is 8.89. The van der Waals surface area contributed by atoms with Crippen molar-refractivity contribution in [3.8, 4) is 0 Å². The van der Waals surface area contributed by atoms with Crippen molar-refractivity contribution in [1.29, 1.82) is 0 Å². The number of carbonyl (C=O) groups excluding carboxylic acids is 1. The number of aliphatic hydroxyl groups is 1. The lowest BCUT2D eigenvalue weighted by atomic mass is 9.88. The molecular formula is C18H25BrClNO3. The summed E-state index contributed by atoms with van der Waals surface area (Å²) in [6, 6.07) is 5.67. The Morgan fingerprint density at radius 2 is 2.12 bits per heavy atom. The molecule has 0 aliphatic rings. The minimum absolute atomic E-state index is 0.216. The number of carbonyl (C=O) groups is 1. The zero-order chi connectivity index (χ0) is 18.4. The van der Waals surface area contributed by atoms with Crippen molar-refractivity contribution in [2.24, 2.45) is 0 Å². The highest BCUT2D eigenvalue weighted by Crippen LogP contribution is 2.26. The Morgan fingerprint density at radius 3 is 2.62 bits per heavy atom. The fourth-order valence-corrected chi connectivity index (χ4v) is 3.06. The molecule has 0 aliphatic heterocycles. The second kappa shape index (κ2) is 8.88. The number of hydrogen-bond donors (Lipinski definition) is 2. The average Bonchev–Trinajstić information content (AvgIpc) is 2.44. The van der Waals surface area contributed by atoms with E-state index in [1.807, 2.05) is 18.2 Å². The Hall–Kier alpha value is -1.04. The van der Waals surface area contributed by atoms with E-state index in [-0.39, 0.29) is 6.61 Å². The van der Waals surface area contributed by atoms with E-state index in [0.717, 1.165) is 10.0 Å². The van der Waals surface area contributed by atoms with Gasteiger partial charge in [0.15, 0.2) is 0 Å². The van der Waals surface area contributed by atoms with Crippen molar-refractivity contribution in [1.82, 2.24) is 5.32 Å². The summed E-state index contributed by atoms with van der Waals surface area (Å²) in [5.74, 6) is 0. The largest absolute Gasteiger partial charge is 0.444 e. The molecule has 6 heteroatoms. The van der Waals surface area contributed by atoms with Crippen LogP contribution in [-0.2, 0) is 11.2 Å². The number of amides is 1. The predicted octanol–water partition coefficient (Wildman–Crippen LogP) is 4.87. The van der Waals surface area contributed by atoms with Crippen molar-refractivity contribution in [3.05, 3.63) is 45.9 Å². The third kappa shape index (κ3) is 6.83. The third-order valence-corrected chi connectivity index (χ3v) is 4.34. The molecule has 0 spiro atoms. The van der Waals surface area contributed by atoms with E-state index in [9.17, 15) is 9.90 Å². The summed E-state index contributed by atoms with van der Waals surface area (Å²) in [5.41, 5.74) is -0.484. The van der Waals surface area contributed by atoms with E-state index in [0.29, 0.717) is 24.3 Å². The van der Waals surface area contributed by atoms with Gasteiger partial charge in [0, 0.05) is 9.50 Å². The number of nitrogens with one attached hydrogen (secondary N) is 1. The van der Waals surface area contributed by atoms with Crippen molar-refractivity contribution in [2.75, 3.05) is 6.61 Å². The van der Waals surface area contributed by atoms with Gasteiger partial charge < -0.3 is 15.2 Å². The number of halogens is 2. The van der Waals surface area contributed by atoms with Crippen LogP contribution in [0.15, 0.2) is 35.3 Å². The van der Waals surface area contributed by atoms with Crippen molar-refractivity contribution in [3.63, 3.8) is 0 Å². The number of benzene rings is 1. The van der Waals surface area contributed by atoms with Gasteiger partial charge in [0.05, 0.1) is 12.1 Å². The smallest absolute Gasteiger partial charge is 0.408 e. The quantitative estimate of drug-likeness (QED) is 0.621. The van der Waals surface area contributed by atoms with Gasteiger partial charge in [-0.1, -0.05) is 39.7 Å². The highest BCUT2D eigenvalue weighted by Gasteiger charge is 2.32. The molecule has 0 aromatic heterocycles. The molecule has 0 bridgehead atoms. The molecule has 0 aliphatic carbocycles. The lowest BCUT2D eigenvalue weighted by Gasteiger charge is -2.33. The molecule has 0 saturated heterocycles. The number of ether oxygens (including phenoxy) is 1. The Morgan fingerprint density at radius 1 is 1.46 bits per heavy atom. The summed E-state index contributed by atoms with van der Waals surface area (Å²) >= 11 is 9.62. The van der Waals surface area contributed by atoms with Gasteiger partial charge in [-0.15, -0.1) is 6.58 Å². The molecular weight excluding hydrogens is 394 g/mol. The van der Waals surface area contributed by atoms with Gasteiger partial charge in [-0.05, 0) is 57.7 Å². The molecule has 1 atom stereocenters. The molecule has 1 rings (SSSR count). The maximum absolute atomic E-state index is 12.1. The van der Waals surface area contributed by atoms with E-state index < -0.39 is 17.2 Å². The van der Waals surface area contributed by atoms with Crippen LogP contribution in [0.2, 0.25) is 5.02 Å². The molecule has 0 unspecified atom stereocenters. The lowest BCUT2D eigenvalue weighted by molar-refractivity contribution is 0.0389. The predicted molar refractivity (Wildman–Crippen MR) is 101 cm³/mol. The van der Waals surface area contributed by atoms with Gasteiger partial charge in [0.25, 0.3) is 0 Å². The molecule has 0 radical (unpaired) electrons. The molecule has 1 aromatic carbocycles. The van der Waals surface area contributed by atoms with Crippen LogP contribution in [-0.4, -0.2) is 28.9 Å². The molecule has 0 heterocycles. The second-order valence-electron chi connectivity index (χ2n) is 6.79. The fourth-order valence-electron chi connectivity index (χ4n) is 2.29. The minimum atomic E-state index is -0.833. The maximum Gasteiger partial charge on any atom is 0.408 e. The lowest BCUT2D eigenvalue weighted by Crippen LogP contribution is -2.52. The first-order chi connectivity index (χ1) is 11.1. The monoisotopic (exact) mass is 417 g/mol. The summed E-state index contributed by atoms with van der Waals surface area (Å²) in [6.07, 6.45) is 2.67. The Labute approximate surface area is 157 Å². The average molecular weight is 419 g/mol. The first kappa shape index (κ1) is 21.0. The van der Waals surface area contributed by atoms with Gasteiger partial charge in [-0.2, -0.15) is 0 Å². The molecule has 1 aromatic rings. The van der Waals surface area contributed by atoms with Gasteiger partial charge in [0.1, 0.15) is 5.60 Å². The number of aliphatic hydroxyl groups excluding tert-OH is 1. The van der Waals surface area contributed by atoms with Crippen LogP contribution < -0.4 is 5.32 Å². The molecule has 24 heavy (non-hydrogen) atoms. The highest BCUT2D eigenvalue weighted by molar-refractivity contribution is 9.10. The summed E-state index contributed by atoms with van der Waals surface area (Å²) in [5, 5.41) is 13.3. The van der Waals surface area contributed by atoms with Gasteiger partial charge >= 0.3 is 6.09 Å². The standard InChI is InChI=1S/C18H25BrClNO3/c1-5-9-18(12-22,21-16(23)24-17(2,3)4)10-8-13-6-7-14(19)11-15(13)20/h5-7,11,22H,1,8-10,12H2,2-4H3,(H,21,23)/t18-/m0/s1.